The average molecular weight is 251 g/mol. The summed E-state index contributed by atoms with van der Waals surface area (Å²) in [6.45, 7) is 0. The van der Waals surface area contributed by atoms with Crippen LogP contribution in [0, 0.1) is 10.1 Å². The molecule has 18 heavy (non-hydrogen) atoms. The van der Waals surface area contributed by atoms with Gasteiger partial charge in [-0.3, -0.25) is 16.0 Å². The van der Waals surface area contributed by atoms with E-state index in [4.69, 9.17) is 10.6 Å². The molecule has 0 aromatic heterocycles. The summed E-state index contributed by atoms with van der Waals surface area (Å²) >= 11 is 0. The van der Waals surface area contributed by atoms with Crippen molar-refractivity contribution >= 4 is 11.4 Å². The van der Waals surface area contributed by atoms with Crippen LogP contribution in [0.1, 0.15) is 32.1 Å². The topological polar surface area (TPSA) is 90.4 Å². The highest BCUT2D eigenvalue weighted by molar-refractivity contribution is 5.55. The molecular formula is C12H17N3O3. The molecular weight excluding hydrogens is 234 g/mol. The third-order valence-electron chi connectivity index (χ3n) is 3.12. The number of nitrogens with one attached hydrogen (secondary N) is 1. The van der Waals surface area contributed by atoms with Gasteiger partial charge in [0.2, 0.25) is 0 Å². The lowest BCUT2D eigenvalue weighted by atomic mass is 9.98. The van der Waals surface area contributed by atoms with Gasteiger partial charge in [-0.15, -0.1) is 0 Å². The van der Waals surface area contributed by atoms with Crippen molar-refractivity contribution in [1.29, 1.82) is 0 Å². The molecule has 1 fully saturated rings. The Bertz CT molecular complexity index is 431. The number of nitrogens with zero attached hydrogens (tertiary/aromatic N) is 1. The molecule has 1 aromatic rings. The highest BCUT2D eigenvalue weighted by Crippen LogP contribution is 2.29. The fraction of sp³-hybridized carbons (Fsp3) is 0.500. The second kappa shape index (κ2) is 5.68. The minimum absolute atomic E-state index is 0.0174. The largest absolute Gasteiger partial charge is 0.490 e. The molecule has 6 heteroatoms. The van der Waals surface area contributed by atoms with E-state index in [0.717, 1.165) is 25.7 Å². The summed E-state index contributed by atoms with van der Waals surface area (Å²) in [4.78, 5) is 10.3. The number of non-ortho nitro benzene ring substituents is 1. The molecule has 0 saturated heterocycles. The van der Waals surface area contributed by atoms with Crippen molar-refractivity contribution in [2.45, 2.75) is 38.2 Å². The molecule has 0 amide bonds. The van der Waals surface area contributed by atoms with Crippen molar-refractivity contribution in [3.8, 4) is 5.75 Å². The highest BCUT2D eigenvalue weighted by atomic mass is 16.6. The molecule has 0 radical (unpaired) electrons. The standard InChI is InChI=1S/C12H17N3O3/c13-14-9-6-10(15(16)17)8-12(7-9)18-11-4-2-1-3-5-11/h6-8,11,14H,1-5,13H2. The van der Waals surface area contributed by atoms with Gasteiger partial charge in [0, 0.05) is 12.1 Å². The second-order valence-electron chi connectivity index (χ2n) is 4.49. The van der Waals surface area contributed by atoms with Crippen molar-refractivity contribution in [3.63, 3.8) is 0 Å². The summed E-state index contributed by atoms with van der Waals surface area (Å²) in [5, 5.41) is 10.8. The zero-order valence-corrected chi connectivity index (χ0v) is 10.1. The van der Waals surface area contributed by atoms with Crippen LogP contribution >= 0.6 is 0 Å². The molecule has 0 spiro atoms. The maximum Gasteiger partial charge on any atom is 0.275 e. The monoisotopic (exact) mass is 251 g/mol. The van der Waals surface area contributed by atoms with Gasteiger partial charge in [0.25, 0.3) is 5.69 Å². The summed E-state index contributed by atoms with van der Waals surface area (Å²) in [5.41, 5.74) is 2.88. The first-order chi connectivity index (χ1) is 8.69. The fourth-order valence-electron chi connectivity index (χ4n) is 2.22. The van der Waals surface area contributed by atoms with Gasteiger partial charge in [-0.2, -0.15) is 0 Å². The number of hydrazine groups is 1. The number of nitrogens with two attached hydrogens (primary N) is 1. The number of nitrogen functional groups attached to an aromatic ring is 1. The number of ether oxygens (including phenoxy) is 1. The molecule has 1 aliphatic rings. The predicted molar refractivity (Wildman–Crippen MR) is 68.4 cm³/mol. The third kappa shape index (κ3) is 3.10. The lowest BCUT2D eigenvalue weighted by molar-refractivity contribution is -0.384. The van der Waals surface area contributed by atoms with Crippen LogP contribution in [0.4, 0.5) is 11.4 Å². The number of nitro groups is 1. The summed E-state index contributed by atoms with van der Waals surface area (Å²) in [6.07, 6.45) is 5.72. The van der Waals surface area contributed by atoms with E-state index in [0.29, 0.717) is 11.4 Å². The molecule has 0 unspecified atom stereocenters. The van der Waals surface area contributed by atoms with Gasteiger partial charge in [-0.05, 0) is 25.7 Å². The van der Waals surface area contributed by atoms with E-state index in [1.54, 1.807) is 6.07 Å². The van der Waals surface area contributed by atoms with Crippen LogP contribution in [-0.2, 0) is 0 Å². The lowest BCUT2D eigenvalue weighted by Crippen LogP contribution is -2.19. The summed E-state index contributed by atoms with van der Waals surface area (Å²) in [5.74, 6) is 5.80. The maximum absolute atomic E-state index is 10.8. The first kappa shape index (κ1) is 12.6. The Hall–Kier alpha value is -1.82. The minimum Gasteiger partial charge on any atom is -0.490 e. The van der Waals surface area contributed by atoms with Gasteiger partial charge in [-0.1, -0.05) is 6.42 Å². The Morgan fingerprint density at radius 1 is 1.28 bits per heavy atom. The van der Waals surface area contributed by atoms with Crippen molar-refractivity contribution < 1.29 is 9.66 Å². The maximum atomic E-state index is 10.8. The second-order valence-corrected chi connectivity index (χ2v) is 4.49. The summed E-state index contributed by atoms with van der Waals surface area (Å²) in [6, 6.07) is 4.50. The van der Waals surface area contributed by atoms with Crippen LogP contribution in [0.25, 0.3) is 0 Å². The molecule has 1 saturated carbocycles. The molecule has 98 valence electrons. The number of nitro benzene ring substituents is 1. The number of rotatable bonds is 4. The van der Waals surface area contributed by atoms with E-state index >= 15 is 0 Å². The first-order valence-corrected chi connectivity index (χ1v) is 6.12. The molecule has 3 N–H and O–H groups in total. The highest BCUT2D eigenvalue weighted by Gasteiger charge is 2.17. The van der Waals surface area contributed by atoms with Gasteiger partial charge in [0.05, 0.1) is 22.8 Å². The van der Waals surface area contributed by atoms with Crippen molar-refractivity contribution in [3.05, 3.63) is 28.3 Å². The Morgan fingerprint density at radius 2 is 2.00 bits per heavy atom. The van der Waals surface area contributed by atoms with Crippen LogP contribution in [-0.4, -0.2) is 11.0 Å². The van der Waals surface area contributed by atoms with E-state index < -0.39 is 4.92 Å². The molecule has 6 nitrogen and oxygen atoms in total. The van der Waals surface area contributed by atoms with E-state index in [1.165, 1.54) is 18.6 Å². The van der Waals surface area contributed by atoms with Gasteiger partial charge >= 0.3 is 0 Å². The zero-order chi connectivity index (χ0) is 13.0. The summed E-state index contributed by atoms with van der Waals surface area (Å²) in [7, 11) is 0. The average Bonchev–Trinajstić information content (AvgIpc) is 2.39. The van der Waals surface area contributed by atoms with Crippen LogP contribution in [0.2, 0.25) is 0 Å². The molecule has 1 aliphatic carbocycles. The third-order valence-corrected chi connectivity index (χ3v) is 3.12. The Balaban J connectivity index is 2.15. The number of anilines is 1. The van der Waals surface area contributed by atoms with E-state index in [9.17, 15) is 10.1 Å². The van der Waals surface area contributed by atoms with Crippen LogP contribution < -0.4 is 16.0 Å². The van der Waals surface area contributed by atoms with E-state index in [-0.39, 0.29) is 11.8 Å². The fourth-order valence-corrected chi connectivity index (χ4v) is 2.22. The van der Waals surface area contributed by atoms with E-state index in [1.807, 2.05) is 0 Å². The van der Waals surface area contributed by atoms with Crippen LogP contribution in [0.3, 0.4) is 0 Å². The SMILES string of the molecule is NNc1cc(OC2CCCCC2)cc([N+](=O)[O-])c1. The van der Waals surface area contributed by atoms with Crippen molar-refractivity contribution in [1.82, 2.24) is 0 Å². The first-order valence-electron chi connectivity index (χ1n) is 6.12. The van der Waals surface area contributed by atoms with Crippen LogP contribution in [0.15, 0.2) is 18.2 Å². The molecule has 2 rings (SSSR count). The molecule has 0 bridgehead atoms. The molecule has 0 heterocycles. The molecule has 0 atom stereocenters. The zero-order valence-electron chi connectivity index (χ0n) is 10.1. The minimum atomic E-state index is -0.450. The van der Waals surface area contributed by atoms with Gasteiger partial charge < -0.3 is 10.2 Å². The smallest absolute Gasteiger partial charge is 0.275 e. The number of benzene rings is 1. The normalized spacial score (nSPS) is 16.3. The quantitative estimate of drug-likeness (QED) is 0.487. The number of hydrogen-bond acceptors (Lipinski definition) is 5. The molecule has 0 aliphatic heterocycles. The van der Waals surface area contributed by atoms with Crippen molar-refractivity contribution in [2.75, 3.05) is 5.43 Å². The lowest BCUT2D eigenvalue weighted by Gasteiger charge is -2.23. The Kier molecular flexibility index (Phi) is 3.99. The van der Waals surface area contributed by atoms with Crippen LogP contribution in [0.5, 0.6) is 5.75 Å². The van der Waals surface area contributed by atoms with E-state index in [2.05, 4.69) is 5.43 Å². The van der Waals surface area contributed by atoms with Gasteiger partial charge in [0.15, 0.2) is 0 Å². The number of hydrogen-bond donors (Lipinski definition) is 2. The molecule has 1 aromatic carbocycles. The van der Waals surface area contributed by atoms with Gasteiger partial charge in [-0.25, -0.2) is 0 Å². The Labute approximate surface area is 105 Å². The Morgan fingerprint density at radius 3 is 2.61 bits per heavy atom. The van der Waals surface area contributed by atoms with Crippen molar-refractivity contribution in [2.24, 2.45) is 5.84 Å². The summed E-state index contributed by atoms with van der Waals surface area (Å²) < 4.78 is 5.79. The predicted octanol–water partition coefficient (Wildman–Crippen LogP) is 2.59. The van der Waals surface area contributed by atoms with Gasteiger partial charge in [0.1, 0.15) is 5.75 Å².